The summed E-state index contributed by atoms with van der Waals surface area (Å²) in [6.07, 6.45) is 2.80. The molecule has 0 aliphatic carbocycles. The van der Waals surface area contributed by atoms with Crippen molar-refractivity contribution in [1.29, 1.82) is 0 Å². The first kappa shape index (κ1) is 20.8. The van der Waals surface area contributed by atoms with Crippen LogP contribution in [0.15, 0.2) is 42.4 Å². The summed E-state index contributed by atoms with van der Waals surface area (Å²) in [7, 11) is 0. The van der Waals surface area contributed by atoms with Crippen LogP contribution in [0.5, 0.6) is 5.75 Å². The van der Waals surface area contributed by atoms with Crippen molar-refractivity contribution in [3.63, 3.8) is 0 Å². The van der Waals surface area contributed by atoms with Crippen LogP contribution in [0.3, 0.4) is 0 Å². The highest BCUT2D eigenvalue weighted by Crippen LogP contribution is 2.31. The first-order chi connectivity index (χ1) is 15.0. The van der Waals surface area contributed by atoms with Gasteiger partial charge in [0.05, 0.1) is 12.3 Å². The number of amides is 1. The van der Waals surface area contributed by atoms with E-state index in [-0.39, 0.29) is 35.5 Å². The van der Waals surface area contributed by atoms with Crippen LogP contribution in [0.4, 0.5) is 8.78 Å². The Labute approximate surface area is 177 Å². The highest BCUT2D eigenvalue weighted by atomic mass is 19.3. The normalized spacial score (nSPS) is 16.6. The van der Waals surface area contributed by atoms with Crippen molar-refractivity contribution >= 4 is 11.7 Å². The summed E-state index contributed by atoms with van der Waals surface area (Å²) in [5.74, 6) is -0.0895. The number of hydrogen-bond donors (Lipinski definition) is 0. The summed E-state index contributed by atoms with van der Waals surface area (Å²) in [5, 5.41) is 4.14. The minimum absolute atomic E-state index is 0.101. The number of hydrogen-bond acceptors (Lipinski definition) is 6. The Morgan fingerprint density at radius 2 is 2.19 bits per heavy atom. The highest BCUT2D eigenvalue weighted by molar-refractivity contribution is 5.95. The van der Waals surface area contributed by atoms with E-state index in [1.54, 1.807) is 23.2 Å². The molecule has 162 valence electrons. The average Bonchev–Trinajstić information content (AvgIpc) is 3.26. The van der Waals surface area contributed by atoms with Crippen molar-refractivity contribution in [2.45, 2.75) is 32.6 Å². The molecule has 1 amide bonds. The number of nitrogens with zero attached hydrogens (tertiary/aromatic N) is 6. The monoisotopic (exact) mass is 428 g/mol. The lowest BCUT2D eigenvalue weighted by Gasteiger charge is -2.32. The molecular formula is C21H22F2N6O2. The fraction of sp³-hybridized carbons (Fsp3) is 0.381. The molecule has 0 fully saturated rings. The molecule has 0 saturated heterocycles. The molecule has 0 radical (unpaired) electrons. The number of aromatic nitrogens is 5. The third-order valence-corrected chi connectivity index (χ3v) is 5.19. The van der Waals surface area contributed by atoms with Gasteiger partial charge < -0.3 is 9.64 Å². The van der Waals surface area contributed by atoms with Gasteiger partial charge in [-0.25, -0.2) is 23.3 Å². The Morgan fingerprint density at radius 3 is 2.97 bits per heavy atom. The van der Waals surface area contributed by atoms with E-state index >= 15 is 0 Å². The van der Waals surface area contributed by atoms with Gasteiger partial charge in [-0.05, 0) is 31.5 Å². The first-order valence-corrected chi connectivity index (χ1v) is 10.0. The van der Waals surface area contributed by atoms with E-state index in [9.17, 15) is 13.6 Å². The van der Waals surface area contributed by atoms with Gasteiger partial charge in [0.25, 0.3) is 18.1 Å². The van der Waals surface area contributed by atoms with Gasteiger partial charge in [0.15, 0.2) is 11.4 Å². The number of rotatable bonds is 6. The third-order valence-electron chi connectivity index (χ3n) is 5.19. The average molecular weight is 428 g/mol. The number of pyridine rings is 1. The summed E-state index contributed by atoms with van der Waals surface area (Å²) in [4.78, 5) is 26.9. The van der Waals surface area contributed by atoms with Crippen LogP contribution < -0.4 is 4.74 Å². The molecular weight excluding hydrogens is 406 g/mol. The van der Waals surface area contributed by atoms with E-state index in [2.05, 4.69) is 20.1 Å². The number of carbonyl (C=O) groups excluding carboxylic acids is 1. The molecule has 1 atom stereocenters. The molecule has 8 nitrogen and oxygen atoms in total. The standard InChI is InChI=1S/C21H22F2N6O2/c1-3-9-31-17-5-4-7-24-18(17)20(30)28-8-6-13(2)14(11-28)16-10-15(19(22)23)27-21-25-12-26-29(16)21/h4-7,10,12,14,19H,3,8-9,11H2,1-2H3/t14-/m1/s1. The molecule has 1 aliphatic rings. The summed E-state index contributed by atoms with van der Waals surface area (Å²) < 4.78 is 33.9. The number of fused-ring (bicyclic) bond motifs is 1. The Balaban J connectivity index is 1.67. The van der Waals surface area contributed by atoms with Gasteiger partial charge in [0.2, 0.25) is 0 Å². The second kappa shape index (κ2) is 8.75. The van der Waals surface area contributed by atoms with Crippen molar-refractivity contribution in [3.05, 3.63) is 59.5 Å². The fourth-order valence-electron chi connectivity index (χ4n) is 3.57. The summed E-state index contributed by atoms with van der Waals surface area (Å²) in [6, 6.07) is 4.77. The van der Waals surface area contributed by atoms with Crippen LogP contribution in [-0.2, 0) is 0 Å². The minimum atomic E-state index is -2.74. The maximum absolute atomic E-state index is 13.4. The van der Waals surface area contributed by atoms with E-state index < -0.39 is 6.43 Å². The minimum Gasteiger partial charge on any atom is -0.491 e. The molecule has 0 bridgehead atoms. The second-order valence-electron chi connectivity index (χ2n) is 7.29. The van der Waals surface area contributed by atoms with E-state index in [1.165, 1.54) is 16.9 Å². The van der Waals surface area contributed by atoms with E-state index in [4.69, 9.17) is 4.74 Å². The summed E-state index contributed by atoms with van der Waals surface area (Å²) in [6.45, 7) is 5.04. The maximum atomic E-state index is 13.4. The zero-order valence-electron chi connectivity index (χ0n) is 17.2. The number of alkyl halides is 2. The fourth-order valence-corrected chi connectivity index (χ4v) is 3.57. The quantitative estimate of drug-likeness (QED) is 0.559. The smallest absolute Gasteiger partial charge is 0.280 e. The second-order valence-corrected chi connectivity index (χ2v) is 7.29. The lowest BCUT2D eigenvalue weighted by molar-refractivity contribution is 0.0748. The van der Waals surface area contributed by atoms with Crippen molar-refractivity contribution in [1.82, 2.24) is 29.5 Å². The largest absolute Gasteiger partial charge is 0.491 e. The van der Waals surface area contributed by atoms with Gasteiger partial charge in [-0.15, -0.1) is 0 Å². The van der Waals surface area contributed by atoms with Crippen molar-refractivity contribution in [2.75, 3.05) is 19.7 Å². The van der Waals surface area contributed by atoms with Crippen LogP contribution in [-0.4, -0.2) is 55.1 Å². The Kier molecular flexibility index (Phi) is 5.88. The zero-order valence-corrected chi connectivity index (χ0v) is 17.2. The highest BCUT2D eigenvalue weighted by Gasteiger charge is 2.30. The van der Waals surface area contributed by atoms with Gasteiger partial charge >= 0.3 is 0 Å². The van der Waals surface area contributed by atoms with Crippen molar-refractivity contribution in [3.8, 4) is 5.75 Å². The molecule has 4 heterocycles. The molecule has 3 aromatic heterocycles. The summed E-state index contributed by atoms with van der Waals surface area (Å²) in [5.41, 5.74) is 1.33. The predicted octanol–water partition coefficient (Wildman–Crippen LogP) is 3.43. The predicted molar refractivity (Wildman–Crippen MR) is 108 cm³/mol. The Bertz CT molecular complexity index is 1130. The Hall–Kier alpha value is -3.43. The van der Waals surface area contributed by atoms with E-state index in [1.807, 2.05) is 19.9 Å². The molecule has 1 aliphatic heterocycles. The summed E-state index contributed by atoms with van der Waals surface area (Å²) >= 11 is 0. The number of carbonyl (C=O) groups is 1. The molecule has 0 saturated carbocycles. The Morgan fingerprint density at radius 1 is 1.35 bits per heavy atom. The molecule has 0 N–H and O–H groups in total. The molecule has 10 heteroatoms. The van der Waals surface area contributed by atoms with Crippen LogP contribution in [0.25, 0.3) is 5.78 Å². The van der Waals surface area contributed by atoms with Crippen LogP contribution in [0.2, 0.25) is 0 Å². The molecule has 4 rings (SSSR count). The van der Waals surface area contributed by atoms with Crippen molar-refractivity contribution < 1.29 is 18.3 Å². The topological polar surface area (TPSA) is 85.5 Å². The zero-order chi connectivity index (χ0) is 22.0. The molecule has 0 aromatic carbocycles. The lowest BCUT2D eigenvalue weighted by Crippen LogP contribution is -2.39. The molecule has 31 heavy (non-hydrogen) atoms. The van der Waals surface area contributed by atoms with E-state index in [0.717, 1.165) is 12.0 Å². The van der Waals surface area contributed by atoms with Gasteiger partial charge in [-0.2, -0.15) is 10.1 Å². The lowest BCUT2D eigenvalue weighted by atomic mass is 9.92. The van der Waals surface area contributed by atoms with Gasteiger partial charge in [-0.3, -0.25) is 4.79 Å². The molecule has 3 aromatic rings. The first-order valence-electron chi connectivity index (χ1n) is 10.0. The van der Waals surface area contributed by atoms with Gasteiger partial charge in [0.1, 0.15) is 12.0 Å². The number of halogens is 2. The molecule has 0 spiro atoms. The van der Waals surface area contributed by atoms with Crippen LogP contribution in [0.1, 0.15) is 54.5 Å². The van der Waals surface area contributed by atoms with Crippen molar-refractivity contribution in [2.24, 2.45) is 0 Å². The van der Waals surface area contributed by atoms with Crippen LogP contribution >= 0.6 is 0 Å². The number of ether oxygens (including phenoxy) is 1. The molecule has 0 unspecified atom stereocenters. The SMILES string of the molecule is CCCOc1cccnc1C(=O)N1CC=C(C)[C@H](c2cc(C(F)F)nc3ncnn23)C1. The van der Waals surface area contributed by atoms with Crippen LogP contribution in [0, 0.1) is 0 Å². The van der Waals surface area contributed by atoms with Gasteiger partial charge in [-0.1, -0.05) is 18.6 Å². The third kappa shape index (κ3) is 4.10. The van der Waals surface area contributed by atoms with Gasteiger partial charge in [0, 0.05) is 25.2 Å². The maximum Gasteiger partial charge on any atom is 0.280 e. The van der Waals surface area contributed by atoms with E-state index in [0.29, 0.717) is 24.6 Å².